The predicted octanol–water partition coefficient (Wildman–Crippen LogP) is 2.78. The van der Waals surface area contributed by atoms with Gasteiger partial charge in [-0.15, -0.1) is 0 Å². The molecule has 0 unspecified atom stereocenters. The van der Waals surface area contributed by atoms with E-state index in [4.69, 9.17) is 12.2 Å². The van der Waals surface area contributed by atoms with Crippen LogP contribution in [0.4, 0.5) is 0 Å². The quantitative estimate of drug-likeness (QED) is 0.879. The van der Waals surface area contributed by atoms with Crippen molar-refractivity contribution in [3.63, 3.8) is 0 Å². The smallest absolute Gasteiger partial charge is 0.165 e. The Morgan fingerprint density at radius 2 is 1.22 bits per heavy atom. The lowest BCUT2D eigenvalue weighted by Gasteiger charge is -2.12. The van der Waals surface area contributed by atoms with Crippen LogP contribution < -0.4 is 9.47 Å². The van der Waals surface area contributed by atoms with E-state index in [1.807, 2.05) is 0 Å². The summed E-state index contributed by atoms with van der Waals surface area (Å²) in [5.74, 6) is -0.152. The van der Waals surface area contributed by atoms with Crippen molar-refractivity contribution in [3.8, 4) is 34.1 Å². The monoisotopic (exact) mass is 250 g/mol. The molecular weight excluding hydrogens is 232 g/mol. The number of aromatic hydroxyl groups is 2. The van der Waals surface area contributed by atoms with Gasteiger partial charge < -0.3 is 19.7 Å². The maximum atomic E-state index is 10.1. The first-order valence-electron chi connectivity index (χ1n) is 6.23. The second-order valence-electron chi connectivity index (χ2n) is 3.57. The van der Waals surface area contributed by atoms with Gasteiger partial charge in [-0.25, -0.2) is 0 Å². The number of rotatable bonds is 3. The molecule has 4 nitrogen and oxygen atoms in total. The predicted molar refractivity (Wildman–Crippen MR) is 68.3 cm³/mol. The van der Waals surface area contributed by atoms with Crippen LogP contribution in [-0.4, -0.2) is 24.4 Å². The molecule has 4 heteroatoms. The van der Waals surface area contributed by atoms with Crippen molar-refractivity contribution in [1.82, 2.24) is 0 Å². The highest BCUT2D eigenvalue weighted by atomic mass is 16.5. The van der Waals surface area contributed by atoms with Crippen molar-refractivity contribution in [1.29, 1.82) is 0 Å². The van der Waals surface area contributed by atoms with E-state index in [-0.39, 0.29) is 46.2 Å². The zero-order valence-electron chi connectivity index (χ0n) is 12.0. The average Bonchev–Trinajstić information content (AvgIpc) is 2.43. The Kier molecular flexibility index (Phi) is 2.61. The highest BCUT2D eigenvalue weighted by Gasteiger charge is 2.15. The summed E-state index contributed by atoms with van der Waals surface area (Å²) in [6.07, 6.45) is 0. The SMILES string of the molecule is [3H]c1cc(OC)c(O)c(-c2cc([3H])cc(OC)c2O)c1. The van der Waals surface area contributed by atoms with Crippen LogP contribution in [0.5, 0.6) is 23.0 Å². The van der Waals surface area contributed by atoms with Crippen LogP contribution in [-0.2, 0) is 0 Å². The van der Waals surface area contributed by atoms with Gasteiger partial charge in [-0.1, -0.05) is 24.2 Å². The standard InChI is InChI=1S/C14H14O4/c1-17-11-7-3-5-9(13(11)15)10-6-4-8-12(18-2)14(10)16/h3-8,15-16H,1-2H3/i3T,4T. The summed E-state index contributed by atoms with van der Waals surface area (Å²) in [6, 6.07) is 5.71. The number of ether oxygens (including phenoxy) is 2. The van der Waals surface area contributed by atoms with E-state index in [1.54, 1.807) is 0 Å². The summed E-state index contributed by atoms with van der Waals surface area (Å²) in [5.41, 5.74) is 0.415. The number of benzene rings is 2. The third-order valence-corrected chi connectivity index (χ3v) is 2.59. The zero-order valence-corrected chi connectivity index (χ0v) is 10.0. The molecule has 0 radical (unpaired) electrons. The highest BCUT2D eigenvalue weighted by Crippen LogP contribution is 2.43. The Labute approximate surface area is 108 Å². The lowest BCUT2D eigenvalue weighted by molar-refractivity contribution is 0.371. The minimum Gasteiger partial charge on any atom is -0.504 e. The molecule has 0 aromatic heterocycles. The van der Waals surface area contributed by atoms with E-state index in [0.717, 1.165) is 0 Å². The molecule has 0 atom stereocenters. The van der Waals surface area contributed by atoms with Crippen molar-refractivity contribution in [2.75, 3.05) is 14.2 Å². The Hall–Kier alpha value is -2.36. The maximum Gasteiger partial charge on any atom is 0.165 e. The second kappa shape index (κ2) is 4.87. The molecular formula is C14H14O4. The van der Waals surface area contributed by atoms with Crippen molar-refractivity contribution >= 4 is 0 Å². The van der Waals surface area contributed by atoms with Crippen LogP contribution in [0.3, 0.4) is 0 Å². The Morgan fingerprint density at radius 1 is 0.833 bits per heavy atom. The van der Waals surface area contributed by atoms with Gasteiger partial charge in [0, 0.05) is 11.1 Å². The van der Waals surface area contributed by atoms with Crippen LogP contribution in [0.15, 0.2) is 36.4 Å². The molecule has 2 aromatic carbocycles. The van der Waals surface area contributed by atoms with Crippen molar-refractivity contribution in [2.45, 2.75) is 0 Å². The molecule has 94 valence electrons. The van der Waals surface area contributed by atoms with Gasteiger partial charge in [0.25, 0.3) is 0 Å². The number of methoxy groups -OCH3 is 2. The molecule has 0 fully saturated rings. The van der Waals surface area contributed by atoms with Gasteiger partial charge in [-0.2, -0.15) is 0 Å². The third-order valence-electron chi connectivity index (χ3n) is 2.59. The summed E-state index contributed by atoms with van der Waals surface area (Å²) >= 11 is 0. The third kappa shape index (κ3) is 1.93. The summed E-state index contributed by atoms with van der Waals surface area (Å²) < 4.78 is 25.4. The van der Waals surface area contributed by atoms with Crippen LogP contribution >= 0.6 is 0 Å². The summed E-state index contributed by atoms with van der Waals surface area (Å²) in [6.45, 7) is 0. The number of hydrogen-bond acceptors (Lipinski definition) is 4. The van der Waals surface area contributed by atoms with Gasteiger partial charge in [0.2, 0.25) is 0 Å². The normalized spacial score (nSPS) is 11.7. The van der Waals surface area contributed by atoms with Crippen LogP contribution in [0.1, 0.15) is 2.74 Å². The van der Waals surface area contributed by atoms with Gasteiger partial charge in [0.05, 0.1) is 17.0 Å². The first-order chi connectivity index (χ1) is 9.47. The van der Waals surface area contributed by atoms with E-state index >= 15 is 0 Å². The van der Waals surface area contributed by atoms with Crippen LogP contribution in [0, 0.1) is 0 Å². The minimum atomic E-state index is -0.202. The number of phenols is 2. The second-order valence-corrected chi connectivity index (χ2v) is 3.57. The molecule has 2 N–H and O–H groups in total. The molecule has 0 aliphatic carbocycles. The van der Waals surface area contributed by atoms with Gasteiger partial charge in [0.15, 0.2) is 23.0 Å². The van der Waals surface area contributed by atoms with Gasteiger partial charge in [0.1, 0.15) is 0 Å². The van der Waals surface area contributed by atoms with E-state index in [1.165, 1.54) is 38.5 Å². The topological polar surface area (TPSA) is 58.9 Å². The lowest BCUT2D eigenvalue weighted by atomic mass is 10.0. The fourth-order valence-corrected chi connectivity index (χ4v) is 1.66. The number of phenolic OH excluding ortho intramolecular Hbond substituents is 2. The van der Waals surface area contributed by atoms with Crippen molar-refractivity contribution < 1.29 is 22.4 Å². The average molecular weight is 250 g/mol. The van der Waals surface area contributed by atoms with E-state index < -0.39 is 0 Å². The van der Waals surface area contributed by atoms with E-state index in [0.29, 0.717) is 0 Å². The molecule has 0 aliphatic rings. The Balaban J connectivity index is 2.74. The highest BCUT2D eigenvalue weighted by molar-refractivity contribution is 5.79. The van der Waals surface area contributed by atoms with E-state index in [9.17, 15) is 10.2 Å². The minimum absolute atomic E-state index is 0.114. The summed E-state index contributed by atoms with van der Waals surface area (Å²) in [7, 11) is 2.75. The molecule has 0 bridgehead atoms. The summed E-state index contributed by atoms with van der Waals surface area (Å²) in [5, 5.41) is 20.2. The molecule has 0 heterocycles. The van der Waals surface area contributed by atoms with Gasteiger partial charge in [-0.3, -0.25) is 0 Å². The largest absolute Gasteiger partial charge is 0.504 e. The van der Waals surface area contributed by atoms with Gasteiger partial charge in [-0.05, 0) is 12.1 Å². The molecule has 0 saturated heterocycles. The first kappa shape index (κ1) is 9.65. The number of hydrogen-bond donors (Lipinski definition) is 2. The molecule has 2 rings (SSSR count). The maximum absolute atomic E-state index is 10.1. The van der Waals surface area contributed by atoms with Crippen molar-refractivity contribution in [2.24, 2.45) is 0 Å². The van der Waals surface area contributed by atoms with E-state index in [2.05, 4.69) is 0 Å². The molecule has 0 spiro atoms. The fraction of sp³-hybridized carbons (Fsp3) is 0.143. The summed E-state index contributed by atoms with van der Waals surface area (Å²) in [4.78, 5) is 0. The van der Waals surface area contributed by atoms with Crippen LogP contribution in [0.25, 0.3) is 11.1 Å². The molecule has 18 heavy (non-hydrogen) atoms. The molecule has 0 aliphatic heterocycles. The molecule has 0 saturated carbocycles. The molecule has 0 amide bonds. The lowest BCUT2D eigenvalue weighted by Crippen LogP contribution is -1.89. The number of para-hydroxylation sites is 2. The Morgan fingerprint density at radius 3 is 1.56 bits per heavy atom. The van der Waals surface area contributed by atoms with Gasteiger partial charge >= 0.3 is 0 Å². The van der Waals surface area contributed by atoms with Crippen LogP contribution in [0.2, 0.25) is 0 Å². The molecule has 2 aromatic rings. The fourth-order valence-electron chi connectivity index (χ4n) is 1.66. The first-order valence-corrected chi connectivity index (χ1v) is 5.23. The Bertz CT molecular complexity index is 599. The zero-order chi connectivity index (χ0) is 14.9. The van der Waals surface area contributed by atoms with Crippen molar-refractivity contribution in [3.05, 3.63) is 36.4 Å².